The summed E-state index contributed by atoms with van der Waals surface area (Å²) in [5.74, 6) is 1.58. The molecule has 0 saturated heterocycles. The van der Waals surface area contributed by atoms with Gasteiger partial charge in [-0.25, -0.2) is 0 Å². The number of hydrogen-bond donors (Lipinski definition) is 2. The molecule has 0 aromatic carbocycles. The third-order valence-electron chi connectivity index (χ3n) is 4.74. The third kappa shape index (κ3) is 5.18. The van der Waals surface area contributed by atoms with Crippen molar-refractivity contribution >= 4 is 37.2 Å². The second-order valence-corrected chi connectivity index (χ2v) is 7.35. The molecule has 0 radical (unpaired) electrons. The number of esters is 2. The van der Waals surface area contributed by atoms with E-state index in [1.165, 1.54) is 0 Å². The second-order valence-electron chi connectivity index (χ2n) is 6.45. The Kier molecular flexibility index (Phi) is 7.34. The zero-order chi connectivity index (χ0) is 16.7. The van der Waals surface area contributed by atoms with E-state index in [1.807, 2.05) is 0 Å². The summed E-state index contributed by atoms with van der Waals surface area (Å²) in [7, 11) is 0. The van der Waals surface area contributed by atoms with Crippen LogP contribution in [0.2, 0.25) is 0 Å². The molecule has 4 nitrogen and oxygen atoms in total. The van der Waals surface area contributed by atoms with E-state index in [0.29, 0.717) is 43.5 Å². The second kappa shape index (κ2) is 9.02. The summed E-state index contributed by atoms with van der Waals surface area (Å²) < 4.78 is 10.9. The van der Waals surface area contributed by atoms with E-state index >= 15 is 0 Å². The predicted octanol–water partition coefficient (Wildman–Crippen LogP) is 3.22. The normalized spacial score (nSPS) is 25.3. The van der Waals surface area contributed by atoms with Crippen molar-refractivity contribution in [2.45, 2.75) is 44.9 Å². The van der Waals surface area contributed by atoms with Gasteiger partial charge in [0.15, 0.2) is 0 Å². The van der Waals surface area contributed by atoms with Crippen molar-refractivity contribution in [3.05, 3.63) is 11.6 Å². The summed E-state index contributed by atoms with van der Waals surface area (Å²) in [4.78, 5) is 23.4. The molecule has 0 aliphatic heterocycles. The molecular formula is C17H26O4S2. The number of hydrogen-bond acceptors (Lipinski definition) is 6. The lowest BCUT2D eigenvalue weighted by atomic mass is 9.81. The Balaban J connectivity index is 1.83. The van der Waals surface area contributed by atoms with Crippen LogP contribution < -0.4 is 0 Å². The van der Waals surface area contributed by atoms with Gasteiger partial charge in [0.05, 0.1) is 0 Å². The van der Waals surface area contributed by atoms with Crippen molar-refractivity contribution in [2.24, 2.45) is 11.3 Å². The number of ether oxygens (including phenoxy) is 2. The van der Waals surface area contributed by atoms with E-state index in [-0.39, 0.29) is 17.4 Å². The molecule has 2 aliphatic rings. The van der Waals surface area contributed by atoms with Crippen LogP contribution in [0.3, 0.4) is 0 Å². The summed E-state index contributed by atoms with van der Waals surface area (Å²) in [5, 5.41) is 0. The lowest BCUT2D eigenvalue weighted by Gasteiger charge is -2.29. The summed E-state index contributed by atoms with van der Waals surface area (Å²) in [6.45, 7) is 0.741. The minimum absolute atomic E-state index is 0.106. The van der Waals surface area contributed by atoms with E-state index in [2.05, 4.69) is 31.3 Å². The highest BCUT2D eigenvalue weighted by atomic mass is 32.1. The number of thiol groups is 2. The van der Waals surface area contributed by atoms with Crippen molar-refractivity contribution in [2.75, 3.05) is 24.7 Å². The Morgan fingerprint density at radius 2 is 1.78 bits per heavy atom. The molecule has 6 heteroatoms. The van der Waals surface area contributed by atoms with E-state index in [1.54, 1.807) is 0 Å². The Labute approximate surface area is 149 Å². The van der Waals surface area contributed by atoms with Crippen LogP contribution in [0.15, 0.2) is 11.6 Å². The fourth-order valence-electron chi connectivity index (χ4n) is 3.46. The highest BCUT2D eigenvalue weighted by Crippen LogP contribution is 2.54. The Hall–Kier alpha value is -0.620. The molecule has 0 aromatic rings. The van der Waals surface area contributed by atoms with E-state index in [4.69, 9.17) is 9.47 Å². The van der Waals surface area contributed by atoms with Gasteiger partial charge in [-0.2, -0.15) is 25.3 Å². The fraction of sp³-hybridized carbons (Fsp3) is 0.765. The van der Waals surface area contributed by atoms with Crippen LogP contribution >= 0.6 is 25.3 Å². The molecule has 1 fully saturated rings. The van der Waals surface area contributed by atoms with Gasteiger partial charge < -0.3 is 9.47 Å². The quantitative estimate of drug-likeness (QED) is 0.358. The van der Waals surface area contributed by atoms with E-state index < -0.39 is 0 Å². The maximum atomic E-state index is 11.8. The number of allylic oxidation sites excluding steroid dienone is 1. The summed E-state index contributed by atoms with van der Waals surface area (Å²) in [6.07, 6.45) is 7.67. The minimum atomic E-state index is -0.177. The minimum Gasteiger partial charge on any atom is -0.465 e. The third-order valence-corrected chi connectivity index (χ3v) is 5.37. The molecule has 23 heavy (non-hydrogen) atoms. The maximum absolute atomic E-state index is 11.8. The standard InChI is InChI=1S/C17H26O4S2/c18-15(3-1-7-22)20-11-14-9-13-5-6-17(14,10-13)12-21-16(19)4-2-8-23/h9,13,22-23H,1-8,10-12H2. The Morgan fingerprint density at radius 3 is 2.39 bits per heavy atom. The molecule has 130 valence electrons. The van der Waals surface area contributed by atoms with Gasteiger partial charge in [-0.05, 0) is 55.1 Å². The first kappa shape index (κ1) is 18.7. The van der Waals surface area contributed by atoms with Crippen LogP contribution in [-0.4, -0.2) is 36.7 Å². The van der Waals surface area contributed by atoms with Crippen LogP contribution in [0.4, 0.5) is 0 Å². The average Bonchev–Trinajstić information content (AvgIpc) is 3.12. The molecule has 2 bridgehead atoms. The molecular weight excluding hydrogens is 332 g/mol. The van der Waals surface area contributed by atoms with E-state index in [9.17, 15) is 9.59 Å². The number of carbonyl (C=O) groups excluding carboxylic acids is 2. The smallest absolute Gasteiger partial charge is 0.306 e. The van der Waals surface area contributed by atoms with Crippen molar-refractivity contribution in [1.82, 2.24) is 0 Å². The van der Waals surface area contributed by atoms with Crippen LogP contribution in [0.5, 0.6) is 0 Å². The van der Waals surface area contributed by atoms with Gasteiger partial charge in [-0.15, -0.1) is 0 Å². The summed E-state index contributed by atoms with van der Waals surface area (Å²) in [5.41, 5.74) is 1.03. The number of fused-ring (bicyclic) bond motifs is 2. The van der Waals surface area contributed by atoms with Crippen molar-refractivity contribution in [1.29, 1.82) is 0 Å². The Bertz CT molecular complexity index is 464. The largest absolute Gasteiger partial charge is 0.465 e. The fourth-order valence-corrected chi connectivity index (χ4v) is 3.77. The van der Waals surface area contributed by atoms with Gasteiger partial charge in [0, 0.05) is 18.3 Å². The van der Waals surface area contributed by atoms with Crippen LogP contribution in [-0.2, 0) is 19.1 Å². The van der Waals surface area contributed by atoms with Gasteiger partial charge in [-0.3, -0.25) is 9.59 Å². The first-order valence-electron chi connectivity index (χ1n) is 8.34. The molecule has 0 spiro atoms. The van der Waals surface area contributed by atoms with Gasteiger partial charge in [0.2, 0.25) is 0 Å². The molecule has 0 N–H and O–H groups in total. The molecule has 2 aliphatic carbocycles. The topological polar surface area (TPSA) is 52.6 Å². The predicted molar refractivity (Wildman–Crippen MR) is 95.9 cm³/mol. The van der Waals surface area contributed by atoms with Crippen LogP contribution in [0.25, 0.3) is 0 Å². The lowest BCUT2D eigenvalue weighted by Crippen LogP contribution is -2.29. The van der Waals surface area contributed by atoms with Crippen molar-refractivity contribution in [3.8, 4) is 0 Å². The van der Waals surface area contributed by atoms with Gasteiger partial charge in [-0.1, -0.05) is 6.08 Å². The first-order valence-corrected chi connectivity index (χ1v) is 9.60. The maximum Gasteiger partial charge on any atom is 0.306 e. The lowest BCUT2D eigenvalue weighted by molar-refractivity contribution is -0.148. The highest BCUT2D eigenvalue weighted by molar-refractivity contribution is 7.80. The zero-order valence-corrected chi connectivity index (χ0v) is 15.2. The molecule has 0 heterocycles. The summed E-state index contributed by atoms with van der Waals surface area (Å²) >= 11 is 8.21. The number of carbonyl (C=O) groups is 2. The van der Waals surface area contributed by atoms with Crippen molar-refractivity contribution < 1.29 is 19.1 Å². The van der Waals surface area contributed by atoms with E-state index in [0.717, 1.165) is 37.7 Å². The molecule has 2 atom stereocenters. The van der Waals surface area contributed by atoms with Gasteiger partial charge in [0.25, 0.3) is 0 Å². The molecule has 0 amide bonds. The first-order chi connectivity index (χ1) is 11.1. The zero-order valence-electron chi connectivity index (χ0n) is 13.5. The Morgan fingerprint density at radius 1 is 1.13 bits per heavy atom. The molecule has 2 unspecified atom stereocenters. The average molecular weight is 359 g/mol. The summed E-state index contributed by atoms with van der Waals surface area (Å²) in [6, 6.07) is 0. The highest BCUT2D eigenvalue weighted by Gasteiger charge is 2.47. The number of rotatable bonds is 10. The van der Waals surface area contributed by atoms with Gasteiger partial charge in [0.1, 0.15) is 13.2 Å². The van der Waals surface area contributed by atoms with Crippen molar-refractivity contribution in [3.63, 3.8) is 0 Å². The van der Waals surface area contributed by atoms with Crippen LogP contribution in [0, 0.1) is 11.3 Å². The molecule has 0 aromatic heterocycles. The monoisotopic (exact) mass is 358 g/mol. The molecule has 2 rings (SSSR count). The molecule has 1 saturated carbocycles. The SMILES string of the molecule is O=C(CCCS)OCC1=CC2CCC1(COC(=O)CCCS)C2. The van der Waals surface area contributed by atoms with Crippen LogP contribution in [0.1, 0.15) is 44.9 Å². The van der Waals surface area contributed by atoms with Gasteiger partial charge >= 0.3 is 11.9 Å².